The fourth-order valence-corrected chi connectivity index (χ4v) is 8.79. The van der Waals surface area contributed by atoms with Gasteiger partial charge in [-0.15, -0.1) is 0 Å². The molecule has 0 saturated carbocycles. The van der Waals surface area contributed by atoms with Crippen molar-refractivity contribution < 1.29 is 38.1 Å². The van der Waals surface area contributed by atoms with Crippen molar-refractivity contribution in [1.82, 2.24) is 40.4 Å². The zero-order valence-electron chi connectivity index (χ0n) is 33.7. The maximum Gasteiger partial charge on any atom is 0.248 e. The first-order valence-corrected chi connectivity index (χ1v) is 20.9. The van der Waals surface area contributed by atoms with Gasteiger partial charge in [0.25, 0.3) is 0 Å². The Hall–Kier alpha value is -6.28. The number of H-pyrrole nitrogens is 2. The number of aromatic amines is 2. The maximum atomic E-state index is 14.0. The number of amides is 4. The zero-order chi connectivity index (χ0) is 42.2. The lowest BCUT2D eigenvalue weighted by Crippen LogP contribution is -2.54. The Morgan fingerprint density at radius 3 is 1.66 bits per heavy atom. The number of piperazine rings is 1. The van der Waals surface area contributed by atoms with E-state index >= 15 is 0 Å². The van der Waals surface area contributed by atoms with Crippen LogP contribution >= 0.6 is 0 Å². The third-order valence-corrected chi connectivity index (χ3v) is 12.1. The van der Waals surface area contributed by atoms with E-state index in [9.17, 15) is 19.2 Å². The lowest BCUT2D eigenvalue weighted by atomic mass is 10.0. The summed E-state index contributed by atoms with van der Waals surface area (Å²) in [5.41, 5.74) is 3.79. The number of carbonyl (C=O) groups excluding carboxylic acids is 4. The smallest absolute Gasteiger partial charge is 0.248 e. The van der Waals surface area contributed by atoms with Crippen molar-refractivity contribution in [3.8, 4) is 11.3 Å². The SMILES string of the molecule is O=C1CN(c2cnc([C@@H]3CCCN3C(=O)[C@H](NC3OCO3)c3ccccc3)[nH]2)C(=O)CN1c1ccc(-c2cnc([C@@H]3CCCN3C(=O)[C@H](NC3OCO3)c3ccccc3)[nH]2)cc1. The van der Waals surface area contributed by atoms with Crippen LogP contribution in [0.1, 0.15) is 72.6 Å². The first-order chi connectivity index (χ1) is 30.4. The molecular formula is C44H46N10O8. The molecule has 3 aromatic carbocycles. The summed E-state index contributed by atoms with van der Waals surface area (Å²) in [7, 11) is 0. The molecule has 2 aromatic heterocycles. The number of hydrogen-bond acceptors (Lipinski definition) is 12. The Morgan fingerprint density at radius 1 is 0.629 bits per heavy atom. The van der Waals surface area contributed by atoms with Crippen molar-refractivity contribution in [2.45, 2.75) is 62.7 Å². The summed E-state index contributed by atoms with van der Waals surface area (Å²) < 4.78 is 21.6. The number of imidazole rings is 2. The number of anilines is 2. The summed E-state index contributed by atoms with van der Waals surface area (Å²) in [6, 6.07) is 24.4. The van der Waals surface area contributed by atoms with Gasteiger partial charge in [-0.1, -0.05) is 72.8 Å². The summed E-state index contributed by atoms with van der Waals surface area (Å²) in [4.78, 5) is 77.8. The second kappa shape index (κ2) is 17.2. The molecule has 4 atom stereocenters. The average molecular weight is 843 g/mol. The summed E-state index contributed by atoms with van der Waals surface area (Å²) in [5, 5.41) is 6.35. The predicted molar refractivity (Wildman–Crippen MR) is 221 cm³/mol. The largest absolute Gasteiger partial charge is 0.340 e. The quantitative estimate of drug-likeness (QED) is 0.134. The zero-order valence-corrected chi connectivity index (χ0v) is 33.7. The number of nitrogens with zero attached hydrogens (tertiary/aromatic N) is 6. The minimum Gasteiger partial charge on any atom is -0.340 e. The van der Waals surface area contributed by atoms with Crippen LogP contribution in [-0.4, -0.2) is 106 Å². The van der Waals surface area contributed by atoms with Crippen molar-refractivity contribution >= 4 is 35.1 Å². The fourth-order valence-electron chi connectivity index (χ4n) is 8.79. The maximum absolute atomic E-state index is 14.0. The van der Waals surface area contributed by atoms with Crippen LogP contribution in [0, 0.1) is 0 Å². The van der Waals surface area contributed by atoms with Crippen LogP contribution < -0.4 is 20.4 Å². The molecule has 0 aliphatic carbocycles. The van der Waals surface area contributed by atoms with Crippen LogP contribution in [0.2, 0.25) is 0 Å². The molecule has 18 nitrogen and oxygen atoms in total. The predicted octanol–water partition coefficient (Wildman–Crippen LogP) is 3.74. The number of likely N-dealkylation sites (tertiary alicyclic amines) is 2. The van der Waals surface area contributed by atoms with Gasteiger partial charge in [0.2, 0.25) is 36.5 Å². The standard InChI is InChI=1S/C44H46N10O8/c55-35-24-54(34-22-46-40(48-34)33-14-8-20-52(33)42(58)38(50-44-61-26-62-44)29-11-5-2-6-12-29)36(56)23-53(35)30-17-15-27(16-18-30)31-21-45-39(47-31)32-13-7-19-51(32)41(57)37(49-43-59-25-60-43)28-9-3-1-4-10-28/h1-6,9-12,15-18,21-22,32-33,37-38,43-44,49-50H,7-8,13-14,19-20,23-26H2,(H,45,47)(H,46,48)/t32-,33-,37+,38+/m0/s1. The molecular weight excluding hydrogens is 797 g/mol. The Morgan fingerprint density at radius 2 is 1.13 bits per heavy atom. The van der Waals surface area contributed by atoms with Crippen molar-refractivity contribution in [3.63, 3.8) is 0 Å². The van der Waals surface area contributed by atoms with Gasteiger partial charge in [0, 0.05) is 18.8 Å². The minimum absolute atomic E-state index is 0.0866. The highest BCUT2D eigenvalue weighted by Crippen LogP contribution is 2.36. The fraction of sp³-hybridized carbons (Fsp3) is 0.364. The van der Waals surface area contributed by atoms with Crippen LogP contribution in [0.3, 0.4) is 0 Å². The Balaban J connectivity index is 0.784. The van der Waals surface area contributed by atoms with Crippen LogP contribution in [0.5, 0.6) is 0 Å². The molecule has 10 rings (SSSR count). The first-order valence-electron chi connectivity index (χ1n) is 20.9. The number of aromatic nitrogens is 4. The van der Waals surface area contributed by atoms with Crippen molar-refractivity contribution in [1.29, 1.82) is 0 Å². The number of hydrogen-bond donors (Lipinski definition) is 4. The molecule has 18 heteroatoms. The van der Waals surface area contributed by atoms with Gasteiger partial charge >= 0.3 is 0 Å². The number of ether oxygens (including phenoxy) is 4. The van der Waals surface area contributed by atoms with Gasteiger partial charge in [0.1, 0.15) is 42.6 Å². The molecule has 7 heterocycles. The van der Waals surface area contributed by atoms with Gasteiger partial charge < -0.3 is 43.6 Å². The molecule has 4 N–H and O–H groups in total. The minimum atomic E-state index is -0.694. The lowest BCUT2D eigenvalue weighted by Gasteiger charge is -2.34. The summed E-state index contributed by atoms with van der Waals surface area (Å²) in [6.45, 7) is 1.14. The molecule has 5 aromatic rings. The van der Waals surface area contributed by atoms with Gasteiger partial charge in [-0.25, -0.2) is 9.97 Å². The average Bonchev–Trinajstić information content (AvgIpc) is 4.12. The van der Waals surface area contributed by atoms with E-state index in [2.05, 4.69) is 25.6 Å². The van der Waals surface area contributed by atoms with Crippen molar-refractivity contribution in [2.75, 3.05) is 49.6 Å². The highest BCUT2D eigenvalue weighted by molar-refractivity contribution is 6.12. The molecule has 5 aliphatic rings. The Labute approximate surface area is 356 Å². The van der Waals surface area contributed by atoms with E-state index in [4.69, 9.17) is 23.9 Å². The highest BCUT2D eigenvalue weighted by atomic mass is 16.9. The van der Waals surface area contributed by atoms with Gasteiger partial charge in [-0.2, -0.15) is 0 Å². The van der Waals surface area contributed by atoms with E-state index < -0.39 is 24.9 Å². The van der Waals surface area contributed by atoms with Gasteiger partial charge in [-0.3, -0.25) is 34.7 Å². The van der Waals surface area contributed by atoms with E-state index in [0.29, 0.717) is 42.7 Å². The number of nitrogens with one attached hydrogen (secondary N) is 4. The van der Waals surface area contributed by atoms with Crippen LogP contribution in [0.4, 0.5) is 11.5 Å². The van der Waals surface area contributed by atoms with Gasteiger partial charge in [-0.05, 0) is 54.5 Å². The normalized spacial score (nSPS) is 21.9. The number of rotatable bonds is 13. The summed E-state index contributed by atoms with van der Waals surface area (Å²) in [5.74, 6) is 0.873. The van der Waals surface area contributed by atoms with Crippen LogP contribution in [-0.2, 0) is 38.1 Å². The van der Waals surface area contributed by atoms with E-state index in [1.54, 1.807) is 17.3 Å². The molecule has 0 spiro atoms. The second-order valence-electron chi connectivity index (χ2n) is 15.8. The van der Waals surface area contributed by atoms with Gasteiger partial charge in [0.15, 0.2) is 13.6 Å². The number of benzene rings is 3. The molecule has 0 bridgehead atoms. The highest BCUT2D eigenvalue weighted by Gasteiger charge is 2.41. The molecule has 62 heavy (non-hydrogen) atoms. The molecule has 5 saturated heterocycles. The topological polar surface area (TPSA) is 200 Å². The van der Waals surface area contributed by atoms with Gasteiger partial charge in [0.05, 0.1) is 30.2 Å². The molecule has 5 aliphatic heterocycles. The molecule has 0 unspecified atom stereocenters. The molecule has 320 valence electrons. The van der Waals surface area contributed by atoms with Crippen molar-refractivity contribution in [2.24, 2.45) is 0 Å². The monoisotopic (exact) mass is 842 g/mol. The number of carbonyl (C=O) groups is 4. The van der Waals surface area contributed by atoms with Crippen LogP contribution in [0.25, 0.3) is 11.3 Å². The molecule has 0 radical (unpaired) electrons. The Bertz CT molecular complexity index is 2400. The van der Waals surface area contributed by atoms with E-state index in [1.807, 2.05) is 89.8 Å². The van der Waals surface area contributed by atoms with E-state index in [0.717, 1.165) is 41.6 Å². The third kappa shape index (κ3) is 7.87. The third-order valence-electron chi connectivity index (χ3n) is 12.1. The lowest BCUT2D eigenvalue weighted by molar-refractivity contribution is -0.335. The molecule has 4 amide bonds. The molecule has 5 fully saturated rings. The van der Waals surface area contributed by atoms with Crippen LogP contribution in [0.15, 0.2) is 97.3 Å². The first kappa shape index (κ1) is 39.8. The van der Waals surface area contributed by atoms with E-state index in [1.165, 1.54) is 9.80 Å². The van der Waals surface area contributed by atoms with Crippen molar-refractivity contribution in [3.05, 3.63) is 120 Å². The van der Waals surface area contributed by atoms with E-state index in [-0.39, 0.29) is 62.4 Å². The second-order valence-corrected chi connectivity index (χ2v) is 15.8. The summed E-state index contributed by atoms with van der Waals surface area (Å²) in [6.07, 6.45) is 5.03. The Kier molecular flexibility index (Phi) is 11.1. The summed E-state index contributed by atoms with van der Waals surface area (Å²) >= 11 is 0.